The minimum atomic E-state index is -0.855. The number of aliphatic carboxylic acids is 1. The number of aromatic nitrogens is 1. The van der Waals surface area contributed by atoms with E-state index in [4.69, 9.17) is 5.11 Å². The summed E-state index contributed by atoms with van der Waals surface area (Å²) in [7, 11) is 0. The molecule has 0 spiro atoms. The Hall–Kier alpha value is -0.550. The van der Waals surface area contributed by atoms with Gasteiger partial charge < -0.3 is 5.11 Å². The average Bonchev–Trinajstić information content (AvgIpc) is 2.09. The van der Waals surface area contributed by atoms with Crippen LogP contribution in [-0.2, 0) is 11.2 Å². The highest BCUT2D eigenvalue weighted by Gasteiger charge is 2.08. The van der Waals surface area contributed by atoms with E-state index in [1.807, 2.05) is 6.92 Å². The number of carboxylic acids is 1. The third-order valence-corrected chi connectivity index (χ3v) is 2.39. The largest absolute Gasteiger partial charge is 0.481 e. The molecule has 0 aliphatic carbocycles. The van der Waals surface area contributed by atoms with Crippen LogP contribution < -0.4 is 0 Å². The molecule has 1 rings (SSSR count). The standard InChI is InChI=1S/C6H7NO2S2/c1-3-4(2-5(8)9)7-6(10)11-3/h2H2,1H3,(H,7,10)(H,8,9). The zero-order valence-electron chi connectivity index (χ0n) is 5.87. The van der Waals surface area contributed by atoms with Crippen LogP contribution in [-0.4, -0.2) is 16.1 Å². The predicted molar refractivity (Wildman–Crippen MR) is 45.4 cm³/mol. The van der Waals surface area contributed by atoms with Gasteiger partial charge in [0.05, 0.1) is 12.1 Å². The van der Waals surface area contributed by atoms with Gasteiger partial charge >= 0.3 is 5.97 Å². The Kier molecular flexibility index (Phi) is 2.51. The molecule has 5 heteroatoms. The van der Waals surface area contributed by atoms with E-state index in [0.717, 1.165) is 4.88 Å². The molecule has 60 valence electrons. The van der Waals surface area contributed by atoms with Gasteiger partial charge in [-0.25, -0.2) is 4.98 Å². The van der Waals surface area contributed by atoms with Gasteiger partial charge in [0.25, 0.3) is 0 Å². The van der Waals surface area contributed by atoms with Crippen LogP contribution in [0.3, 0.4) is 0 Å². The summed E-state index contributed by atoms with van der Waals surface area (Å²) < 4.78 is 0.624. The monoisotopic (exact) mass is 189 g/mol. The fourth-order valence-electron chi connectivity index (χ4n) is 0.720. The van der Waals surface area contributed by atoms with Crippen molar-refractivity contribution in [1.29, 1.82) is 0 Å². The summed E-state index contributed by atoms with van der Waals surface area (Å²) in [5.74, 6) is -0.855. The van der Waals surface area contributed by atoms with Gasteiger partial charge in [-0.05, 0) is 6.92 Å². The van der Waals surface area contributed by atoms with Crippen molar-refractivity contribution in [3.63, 3.8) is 0 Å². The summed E-state index contributed by atoms with van der Waals surface area (Å²) in [4.78, 5) is 15.2. The highest BCUT2D eigenvalue weighted by molar-refractivity contribution is 7.82. The minimum Gasteiger partial charge on any atom is -0.481 e. The normalized spacial score (nSPS) is 10.0. The molecule has 1 aromatic heterocycles. The van der Waals surface area contributed by atoms with Gasteiger partial charge in [-0.1, -0.05) is 0 Å². The lowest BCUT2D eigenvalue weighted by molar-refractivity contribution is -0.136. The molecule has 1 N–H and O–H groups in total. The van der Waals surface area contributed by atoms with Crippen LogP contribution in [0.4, 0.5) is 0 Å². The second-order valence-corrected chi connectivity index (χ2v) is 4.00. The average molecular weight is 189 g/mol. The Morgan fingerprint density at radius 2 is 2.45 bits per heavy atom. The Balaban J connectivity index is 2.85. The van der Waals surface area contributed by atoms with Gasteiger partial charge in [-0.3, -0.25) is 4.79 Å². The Labute approximate surface area is 73.5 Å². The molecule has 0 fully saturated rings. The van der Waals surface area contributed by atoms with Crippen LogP contribution in [0, 0.1) is 6.92 Å². The summed E-state index contributed by atoms with van der Waals surface area (Å²) in [6.45, 7) is 1.84. The van der Waals surface area contributed by atoms with Gasteiger partial charge in [0.2, 0.25) is 0 Å². The zero-order valence-corrected chi connectivity index (χ0v) is 7.58. The summed E-state index contributed by atoms with van der Waals surface area (Å²) in [5.41, 5.74) is 0.618. The maximum atomic E-state index is 10.3. The number of thiazole rings is 1. The molecule has 11 heavy (non-hydrogen) atoms. The number of carbonyl (C=O) groups is 1. The van der Waals surface area contributed by atoms with Gasteiger partial charge in [0, 0.05) is 4.88 Å². The number of thiol groups is 1. The third-order valence-electron chi connectivity index (χ3n) is 1.20. The SMILES string of the molecule is Cc1sc(S)nc1CC(=O)O. The first kappa shape index (κ1) is 8.55. The number of aryl methyl sites for hydroxylation is 1. The van der Waals surface area contributed by atoms with Crippen LogP contribution in [0.15, 0.2) is 4.34 Å². The Morgan fingerprint density at radius 1 is 1.82 bits per heavy atom. The number of nitrogens with zero attached hydrogens (tertiary/aromatic N) is 1. The van der Waals surface area contributed by atoms with Crippen molar-refractivity contribution in [3.05, 3.63) is 10.6 Å². The van der Waals surface area contributed by atoms with E-state index in [-0.39, 0.29) is 6.42 Å². The third kappa shape index (κ3) is 2.20. The maximum Gasteiger partial charge on any atom is 0.309 e. The van der Waals surface area contributed by atoms with E-state index < -0.39 is 5.97 Å². The highest BCUT2D eigenvalue weighted by atomic mass is 32.2. The molecule has 0 bridgehead atoms. The lowest BCUT2D eigenvalue weighted by Crippen LogP contribution is -2.01. The Morgan fingerprint density at radius 3 is 2.82 bits per heavy atom. The first-order chi connectivity index (χ1) is 5.09. The molecule has 0 saturated heterocycles. The first-order valence-corrected chi connectivity index (χ1v) is 4.23. The van der Waals surface area contributed by atoms with E-state index in [1.165, 1.54) is 11.3 Å². The highest BCUT2D eigenvalue weighted by Crippen LogP contribution is 2.20. The molecule has 3 nitrogen and oxygen atoms in total. The van der Waals surface area contributed by atoms with E-state index in [0.29, 0.717) is 10.0 Å². The van der Waals surface area contributed by atoms with E-state index >= 15 is 0 Å². The quantitative estimate of drug-likeness (QED) is 0.691. The molecule has 0 aliphatic rings. The van der Waals surface area contributed by atoms with Gasteiger partial charge in [-0.15, -0.1) is 24.0 Å². The maximum absolute atomic E-state index is 10.3. The van der Waals surface area contributed by atoms with Crippen molar-refractivity contribution in [2.24, 2.45) is 0 Å². The number of rotatable bonds is 2. The number of hydrogen-bond acceptors (Lipinski definition) is 4. The molecule has 0 amide bonds. The van der Waals surface area contributed by atoms with Crippen molar-refractivity contribution < 1.29 is 9.90 Å². The van der Waals surface area contributed by atoms with Crippen molar-refractivity contribution in [2.45, 2.75) is 17.7 Å². The Bertz CT molecular complexity index is 282. The predicted octanol–water partition coefficient (Wildman–Crippen LogP) is 1.37. The number of hydrogen-bond donors (Lipinski definition) is 2. The van der Waals surface area contributed by atoms with Crippen molar-refractivity contribution in [3.8, 4) is 0 Å². The summed E-state index contributed by atoms with van der Waals surface area (Å²) in [5, 5.41) is 8.44. The van der Waals surface area contributed by atoms with E-state index in [2.05, 4.69) is 17.6 Å². The second kappa shape index (κ2) is 3.23. The molecular formula is C6H7NO2S2. The van der Waals surface area contributed by atoms with Gasteiger partial charge in [0.15, 0.2) is 0 Å². The van der Waals surface area contributed by atoms with E-state index in [1.54, 1.807) is 0 Å². The molecular weight excluding hydrogens is 182 g/mol. The molecule has 0 aromatic carbocycles. The van der Waals surface area contributed by atoms with Gasteiger partial charge in [0.1, 0.15) is 4.34 Å². The first-order valence-electron chi connectivity index (χ1n) is 2.96. The zero-order chi connectivity index (χ0) is 8.43. The molecule has 0 radical (unpaired) electrons. The molecule has 1 aromatic rings. The summed E-state index contributed by atoms with van der Waals surface area (Å²) in [6, 6.07) is 0. The van der Waals surface area contributed by atoms with Crippen LogP contribution in [0.2, 0.25) is 0 Å². The van der Waals surface area contributed by atoms with Crippen LogP contribution >= 0.6 is 24.0 Å². The molecule has 0 aliphatic heterocycles. The minimum absolute atomic E-state index is 0.0110. The van der Waals surface area contributed by atoms with Crippen LogP contribution in [0.25, 0.3) is 0 Å². The van der Waals surface area contributed by atoms with Crippen molar-refractivity contribution in [2.75, 3.05) is 0 Å². The molecule has 0 unspecified atom stereocenters. The van der Waals surface area contributed by atoms with Crippen LogP contribution in [0.1, 0.15) is 10.6 Å². The summed E-state index contributed by atoms with van der Waals surface area (Å²) in [6.07, 6.45) is -0.0110. The second-order valence-electron chi connectivity index (χ2n) is 2.07. The van der Waals surface area contributed by atoms with Crippen molar-refractivity contribution in [1.82, 2.24) is 4.98 Å². The molecule has 0 saturated carbocycles. The van der Waals surface area contributed by atoms with Crippen LogP contribution in [0.5, 0.6) is 0 Å². The fraction of sp³-hybridized carbons (Fsp3) is 0.333. The van der Waals surface area contributed by atoms with Gasteiger partial charge in [-0.2, -0.15) is 0 Å². The lowest BCUT2D eigenvalue weighted by atomic mass is 10.3. The fourth-order valence-corrected chi connectivity index (χ4v) is 1.92. The topological polar surface area (TPSA) is 50.2 Å². The van der Waals surface area contributed by atoms with Crippen molar-refractivity contribution >= 4 is 29.9 Å². The van der Waals surface area contributed by atoms with E-state index in [9.17, 15) is 4.79 Å². The summed E-state index contributed by atoms with van der Waals surface area (Å²) >= 11 is 5.41. The molecule has 0 atom stereocenters. The lowest BCUT2D eigenvalue weighted by Gasteiger charge is -1.89. The smallest absolute Gasteiger partial charge is 0.309 e. The molecule has 1 heterocycles. The number of carboxylic acid groups (broad SMARTS) is 1.